The molecule has 0 spiro atoms. The Labute approximate surface area is 116 Å². The molecule has 1 amide bonds. The van der Waals surface area contributed by atoms with Crippen LogP contribution in [0.1, 0.15) is 19.4 Å². The van der Waals surface area contributed by atoms with Gasteiger partial charge in [-0.05, 0) is 48.0 Å². The maximum absolute atomic E-state index is 11.6. The molecule has 0 heterocycles. The molecule has 0 saturated carbocycles. The largest absolute Gasteiger partial charge is 0.384 e. The van der Waals surface area contributed by atoms with Crippen molar-refractivity contribution in [2.75, 3.05) is 18.9 Å². The Hall–Kier alpha value is -1.54. The Morgan fingerprint density at radius 1 is 1.50 bits per heavy atom. The van der Waals surface area contributed by atoms with Crippen molar-refractivity contribution in [1.29, 1.82) is 5.26 Å². The van der Waals surface area contributed by atoms with Crippen molar-refractivity contribution >= 4 is 27.5 Å². The van der Waals surface area contributed by atoms with Crippen LogP contribution in [-0.4, -0.2) is 19.5 Å². The van der Waals surface area contributed by atoms with Gasteiger partial charge in [0.05, 0.1) is 11.0 Å². The zero-order valence-corrected chi connectivity index (χ0v) is 12.3. The summed E-state index contributed by atoms with van der Waals surface area (Å²) in [5.41, 5.74) is 0.971. The van der Waals surface area contributed by atoms with Crippen molar-refractivity contribution in [3.8, 4) is 6.07 Å². The second-order valence-corrected chi connectivity index (χ2v) is 5.48. The summed E-state index contributed by atoms with van der Waals surface area (Å²) in [6, 6.07) is 7.47. The van der Waals surface area contributed by atoms with E-state index in [0.29, 0.717) is 12.1 Å². The molecule has 0 saturated heterocycles. The molecule has 1 rings (SSSR count). The van der Waals surface area contributed by atoms with E-state index in [2.05, 4.69) is 32.6 Å². The van der Waals surface area contributed by atoms with Crippen LogP contribution in [0.5, 0.6) is 0 Å². The quantitative estimate of drug-likeness (QED) is 0.898. The normalized spacial score (nSPS) is 10.6. The van der Waals surface area contributed by atoms with Crippen LogP contribution in [0.2, 0.25) is 0 Å². The first-order chi connectivity index (χ1) is 8.40. The molecule has 0 atom stereocenters. The number of anilines is 1. The van der Waals surface area contributed by atoms with Gasteiger partial charge in [0.2, 0.25) is 5.91 Å². The highest BCUT2D eigenvalue weighted by Crippen LogP contribution is 2.22. The molecule has 0 aromatic heterocycles. The van der Waals surface area contributed by atoms with Crippen LogP contribution >= 0.6 is 15.9 Å². The summed E-state index contributed by atoms with van der Waals surface area (Å²) < 4.78 is 0.743. The first-order valence-electron chi connectivity index (χ1n) is 5.56. The molecule has 0 unspecified atom stereocenters. The number of amides is 1. The van der Waals surface area contributed by atoms with Crippen LogP contribution in [0, 0.1) is 16.7 Å². The third-order valence-corrected chi connectivity index (χ3v) is 3.32. The Kier molecular flexibility index (Phi) is 4.74. The van der Waals surface area contributed by atoms with Crippen LogP contribution in [0.15, 0.2) is 22.7 Å². The van der Waals surface area contributed by atoms with Gasteiger partial charge in [0.1, 0.15) is 6.07 Å². The minimum absolute atomic E-state index is 0.0114. The highest BCUT2D eigenvalue weighted by Gasteiger charge is 2.26. The van der Waals surface area contributed by atoms with Gasteiger partial charge in [0.15, 0.2) is 0 Å². The third-order valence-electron chi connectivity index (χ3n) is 2.67. The minimum Gasteiger partial charge on any atom is -0.384 e. The van der Waals surface area contributed by atoms with Gasteiger partial charge in [-0.3, -0.25) is 4.79 Å². The molecule has 18 heavy (non-hydrogen) atoms. The van der Waals surface area contributed by atoms with Crippen molar-refractivity contribution in [1.82, 2.24) is 5.32 Å². The summed E-state index contributed by atoms with van der Waals surface area (Å²) >= 11 is 3.33. The summed E-state index contributed by atoms with van der Waals surface area (Å²) in [6.07, 6.45) is 0. The highest BCUT2D eigenvalue weighted by atomic mass is 79.9. The van der Waals surface area contributed by atoms with Crippen molar-refractivity contribution in [2.45, 2.75) is 13.8 Å². The smallest absolute Gasteiger partial charge is 0.227 e. The van der Waals surface area contributed by atoms with E-state index in [1.165, 1.54) is 0 Å². The maximum atomic E-state index is 11.6. The van der Waals surface area contributed by atoms with Gasteiger partial charge in [-0.15, -0.1) is 0 Å². The van der Waals surface area contributed by atoms with Crippen molar-refractivity contribution < 1.29 is 4.79 Å². The van der Waals surface area contributed by atoms with Crippen LogP contribution in [-0.2, 0) is 4.79 Å². The van der Waals surface area contributed by atoms with Gasteiger partial charge in [-0.2, -0.15) is 5.26 Å². The standard InChI is InChI=1S/C13H16BrN3O/c1-13(2,12(18)16-3)8-17-10-5-4-9(7-15)11(14)6-10/h4-6,17H,8H2,1-3H3,(H,16,18). The number of carbonyl (C=O) groups excluding carboxylic acids is 1. The Morgan fingerprint density at radius 3 is 2.67 bits per heavy atom. The first kappa shape index (κ1) is 14.5. The van der Waals surface area contributed by atoms with E-state index in [1.807, 2.05) is 26.0 Å². The number of carbonyl (C=O) groups is 1. The number of halogens is 1. The molecule has 5 heteroatoms. The Morgan fingerprint density at radius 2 is 2.17 bits per heavy atom. The van der Waals surface area contributed by atoms with Crippen molar-refractivity contribution in [3.63, 3.8) is 0 Å². The second-order valence-electron chi connectivity index (χ2n) is 4.62. The number of nitrogens with one attached hydrogen (secondary N) is 2. The van der Waals surface area contributed by atoms with E-state index in [1.54, 1.807) is 13.1 Å². The average Bonchev–Trinajstić information content (AvgIpc) is 2.35. The zero-order valence-electron chi connectivity index (χ0n) is 10.7. The molecule has 0 fully saturated rings. The van der Waals surface area contributed by atoms with Crippen LogP contribution in [0.4, 0.5) is 5.69 Å². The lowest BCUT2D eigenvalue weighted by molar-refractivity contribution is -0.128. The summed E-state index contributed by atoms with van der Waals surface area (Å²) in [4.78, 5) is 11.6. The number of hydrogen-bond acceptors (Lipinski definition) is 3. The number of nitrogens with zero attached hydrogens (tertiary/aromatic N) is 1. The lowest BCUT2D eigenvalue weighted by Gasteiger charge is -2.23. The predicted octanol–water partition coefficient (Wildman–Crippen LogP) is 2.50. The van der Waals surface area contributed by atoms with Crippen molar-refractivity contribution in [2.24, 2.45) is 5.41 Å². The Bertz CT molecular complexity index is 491. The van der Waals surface area contributed by atoms with E-state index in [9.17, 15) is 4.79 Å². The molecule has 0 aliphatic rings. The van der Waals surface area contributed by atoms with Crippen molar-refractivity contribution in [3.05, 3.63) is 28.2 Å². The monoisotopic (exact) mass is 309 g/mol. The van der Waals surface area contributed by atoms with Gasteiger partial charge in [0.25, 0.3) is 0 Å². The van der Waals surface area contributed by atoms with Crippen LogP contribution in [0.3, 0.4) is 0 Å². The van der Waals surface area contributed by atoms with Gasteiger partial charge >= 0.3 is 0 Å². The molecule has 1 aromatic rings. The zero-order chi connectivity index (χ0) is 13.8. The molecule has 0 bridgehead atoms. The Balaban J connectivity index is 2.73. The van der Waals surface area contributed by atoms with Gasteiger partial charge in [-0.1, -0.05) is 0 Å². The topological polar surface area (TPSA) is 64.9 Å². The molecule has 96 valence electrons. The van der Waals surface area contributed by atoms with E-state index in [4.69, 9.17) is 5.26 Å². The molecule has 4 nitrogen and oxygen atoms in total. The molecule has 2 N–H and O–H groups in total. The van der Waals surface area contributed by atoms with E-state index >= 15 is 0 Å². The highest BCUT2D eigenvalue weighted by molar-refractivity contribution is 9.10. The van der Waals surface area contributed by atoms with E-state index < -0.39 is 5.41 Å². The lowest BCUT2D eigenvalue weighted by Crippen LogP contribution is -2.39. The van der Waals surface area contributed by atoms with Crippen LogP contribution in [0.25, 0.3) is 0 Å². The first-order valence-corrected chi connectivity index (χ1v) is 6.35. The molecule has 0 radical (unpaired) electrons. The van der Waals surface area contributed by atoms with Crippen LogP contribution < -0.4 is 10.6 Å². The number of nitriles is 1. The number of hydrogen-bond donors (Lipinski definition) is 2. The predicted molar refractivity (Wildman–Crippen MR) is 75.2 cm³/mol. The lowest BCUT2D eigenvalue weighted by atomic mass is 9.92. The fourth-order valence-electron chi connectivity index (χ4n) is 1.46. The number of rotatable bonds is 4. The number of benzene rings is 1. The minimum atomic E-state index is -0.491. The van der Waals surface area contributed by atoms with Gasteiger partial charge in [-0.25, -0.2) is 0 Å². The summed E-state index contributed by atoms with van der Waals surface area (Å²) in [6.45, 7) is 4.26. The van der Waals surface area contributed by atoms with E-state index in [-0.39, 0.29) is 5.91 Å². The summed E-state index contributed by atoms with van der Waals surface area (Å²) in [5.74, 6) is -0.0114. The molecular formula is C13H16BrN3O. The van der Waals surface area contributed by atoms with E-state index in [0.717, 1.165) is 10.2 Å². The third kappa shape index (κ3) is 3.47. The summed E-state index contributed by atoms with van der Waals surface area (Å²) in [7, 11) is 1.63. The molecular weight excluding hydrogens is 294 g/mol. The SMILES string of the molecule is CNC(=O)C(C)(C)CNc1ccc(C#N)c(Br)c1. The molecule has 0 aliphatic heterocycles. The fraction of sp³-hybridized carbons (Fsp3) is 0.385. The maximum Gasteiger partial charge on any atom is 0.227 e. The fourth-order valence-corrected chi connectivity index (χ4v) is 1.92. The molecule has 1 aromatic carbocycles. The second kappa shape index (κ2) is 5.87. The molecule has 0 aliphatic carbocycles. The average molecular weight is 310 g/mol. The summed E-state index contributed by atoms with van der Waals surface area (Å²) in [5, 5.41) is 14.7. The van der Waals surface area contributed by atoms with Gasteiger partial charge < -0.3 is 10.6 Å². The van der Waals surface area contributed by atoms with Gasteiger partial charge in [0, 0.05) is 23.8 Å².